The maximum Gasteiger partial charge on any atom is 0.229 e. The average Bonchev–Trinajstić information content (AvgIpc) is 2.83. The summed E-state index contributed by atoms with van der Waals surface area (Å²) in [4.78, 5) is 18.1. The average molecular weight is 420 g/mol. The van der Waals surface area contributed by atoms with E-state index in [1.54, 1.807) is 13.3 Å². The van der Waals surface area contributed by atoms with Crippen molar-refractivity contribution in [2.75, 3.05) is 23.1 Å². The molecular weight excluding hydrogens is 390 g/mol. The first kappa shape index (κ1) is 20.8. The van der Waals surface area contributed by atoms with E-state index in [0.717, 1.165) is 29.8 Å². The van der Waals surface area contributed by atoms with E-state index >= 15 is 0 Å². The Kier molecular flexibility index (Phi) is 7.10. The summed E-state index contributed by atoms with van der Waals surface area (Å²) in [6.07, 6.45) is 7.88. The SMILES string of the molecule is COc1ccc(CNc2nc(NCc3ccccn3)nc(NC3CCCCC3)n2)cc1. The van der Waals surface area contributed by atoms with Gasteiger partial charge in [0.2, 0.25) is 17.8 Å². The first-order chi connectivity index (χ1) is 15.3. The Balaban J connectivity index is 1.46. The summed E-state index contributed by atoms with van der Waals surface area (Å²) in [6, 6.07) is 14.2. The highest BCUT2D eigenvalue weighted by atomic mass is 16.5. The molecule has 1 aliphatic carbocycles. The van der Waals surface area contributed by atoms with E-state index in [-0.39, 0.29) is 0 Å². The van der Waals surface area contributed by atoms with E-state index in [0.29, 0.717) is 37.0 Å². The summed E-state index contributed by atoms with van der Waals surface area (Å²) in [6.45, 7) is 1.15. The Bertz CT molecular complexity index is 944. The van der Waals surface area contributed by atoms with Crippen molar-refractivity contribution in [2.45, 2.75) is 51.2 Å². The van der Waals surface area contributed by atoms with Crippen molar-refractivity contribution >= 4 is 17.8 Å². The van der Waals surface area contributed by atoms with Crippen molar-refractivity contribution in [3.63, 3.8) is 0 Å². The minimum atomic E-state index is 0.411. The van der Waals surface area contributed by atoms with Gasteiger partial charge in [0.25, 0.3) is 0 Å². The quantitative estimate of drug-likeness (QED) is 0.474. The van der Waals surface area contributed by atoms with Crippen molar-refractivity contribution in [3.8, 4) is 5.75 Å². The van der Waals surface area contributed by atoms with Crippen LogP contribution in [0.1, 0.15) is 43.4 Å². The second-order valence-corrected chi connectivity index (χ2v) is 7.66. The summed E-state index contributed by atoms with van der Waals surface area (Å²) in [5, 5.41) is 10.1. The van der Waals surface area contributed by atoms with Gasteiger partial charge in [-0.3, -0.25) is 4.98 Å². The fourth-order valence-corrected chi connectivity index (χ4v) is 3.62. The Hall–Kier alpha value is -3.42. The van der Waals surface area contributed by atoms with Crippen molar-refractivity contribution in [3.05, 3.63) is 59.9 Å². The van der Waals surface area contributed by atoms with Gasteiger partial charge in [-0.15, -0.1) is 0 Å². The zero-order valence-corrected chi connectivity index (χ0v) is 17.8. The van der Waals surface area contributed by atoms with Crippen LogP contribution in [0.3, 0.4) is 0 Å². The normalized spacial score (nSPS) is 14.1. The zero-order valence-electron chi connectivity index (χ0n) is 17.8. The highest BCUT2D eigenvalue weighted by Gasteiger charge is 2.15. The number of aromatic nitrogens is 4. The molecule has 0 aliphatic heterocycles. The van der Waals surface area contributed by atoms with Crippen LogP contribution in [0.25, 0.3) is 0 Å². The molecule has 0 saturated heterocycles. The molecule has 2 heterocycles. The Morgan fingerprint density at radius 2 is 1.55 bits per heavy atom. The number of benzene rings is 1. The maximum absolute atomic E-state index is 5.22. The predicted octanol–water partition coefficient (Wildman–Crippen LogP) is 4.24. The second kappa shape index (κ2) is 10.6. The maximum atomic E-state index is 5.22. The zero-order chi connectivity index (χ0) is 21.3. The number of ether oxygens (including phenoxy) is 1. The van der Waals surface area contributed by atoms with Gasteiger partial charge in [-0.2, -0.15) is 15.0 Å². The standard InChI is InChI=1S/C23H29N7O/c1-31-20-12-10-17(11-13-20)15-25-21-28-22(26-16-19-9-5-6-14-24-19)30-23(29-21)27-18-7-3-2-4-8-18/h5-6,9-14,18H,2-4,7-8,15-16H2,1H3,(H3,25,26,27,28,29,30). The number of anilines is 3. The third kappa shape index (κ3) is 6.28. The highest BCUT2D eigenvalue weighted by molar-refractivity contribution is 5.43. The van der Waals surface area contributed by atoms with Gasteiger partial charge in [0.15, 0.2) is 0 Å². The molecule has 0 atom stereocenters. The van der Waals surface area contributed by atoms with Crippen LogP contribution >= 0.6 is 0 Å². The monoisotopic (exact) mass is 419 g/mol. The fraction of sp³-hybridized carbons (Fsp3) is 0.391. The van der Waals surface area contributed by atoms with E-state index in [2.05, 4.69) is 35.9 Å². The minimum Gasteiger partial charge on any atom is -0.497 e. The summed E-state index contributed by atoms with van der Waals surface area (Å²) in [5.74, 6) is 2.50. The molecule has 1 saturated carbocycles. The lowest BCUT2D eigenvalue weighted by Crippen LogP contribution is -2.24. The molecular formula is C23H29N7O. The lowest BCUT2D eigenvalue weighted by atomic mass is 9.96. The summed E-state index contributed by atoms with van der Waals surface area (Å²) < 4.78 is 5.22. The number of pyridine rings is 1. The Morgan fingerprint density at radius 1 is 0.839 bits per heavy atom. The molecule has 8 nitrogen and oxygen atoms in total. The Labute approximate surface area is 182 Å². The molecule has 0 unspecified atom stereocenters. The molecule has 1 aromatic carbocycles. The van der Waals surface area contributed by atoms with E-state index in [1.807, 2.05) is 42.5 Å². The van der Waals surface area contributed by atoms with Gasteiger partial charge < -0.3 is 20.7 Å². The van der Waals surface area contributed by atoms with Crippen LogP contribution in [0, 0.1) is 0 Å². The van der Waals surface area contributed by atoms with Gasteiger partial charge in [0, 0.05) is 18.8 Å². The van der Waals surface area contributed by atoms with E-state index < -0.39 is 0 Å². The lowest BCUT2D eigenvalue weighted by molar-refractivity contribution is 0.414. The molecule has 3 N–H and O–H groups in total. The molecule has 31 heavy (non-hydrogen) atoms. The van der Waals surface area contributed by atoms with Crippen LogP contribution in [0.2, 0.25) is 0 Å². The number of hydrogen-bond donors (Lipinski definition) is 3. The minimum absolute atomic E-state index is 0.411. The molecule has 0 amide bonds. The molecule has 8 heteroatoms. The largest absolute Gasteiger partial charge is 0.497 e. The van der Waals surface area contributed by atoms with Crippen LogP contribution in [0.5, 0.6) is 5.75 Å². The van der Waals surface area contributed by atoms with E-state index in [9.17, 15) is 0 Å². The molecule has 3 aromatic rings. The summed E-state index contributed by atoms with van der Waals surface area (Å²) in [7, 11) is 1.67. The molecule has 0 bridgehead atoms. The second-order valence-electron chi connectivity index (χ2n) is 7.66. The molecule has 2 aromatic heterocycles. The van der Waals surface area contributed by atoms with Crippen LogP contribution in [0.15, 0.2) is 48.7 Å². The van der Waals surface area contributed by atoms with E-state index in [1.165, 1.54) is 19.3 Å². The molecule has 1 fully saturated rings. The smallest absolute Gasteiger partial charge is 0.229 e. The molecule has 162 valence electrons. The number of nitrogens with zero attached hydrogens (tertiary/aromatic N) is 4. The number of nitrogens with one attached hydrogen (secondary N) is 3. The van der Waals surface area contributed by atoms with Gasteiger partial charge in [-0.1, -0.05) is 37.5 Å². The van der Waals surface area contributed by atoms with Gasteiger partial charge in [-0.05, 0) is 42.7 Å². The molecule has 4 rings (SSSR count). The fourth-order valence-electron chi connectivity index (χ4n) is 3.62. The molecule has 1 aliphatic rings. The highest BCUT2D eigenvalue weighted by Crippen LogP contribution is 2.21. The van der Waals surface area contributed by atoms with Crippen LogP contribution in [-0.4, -0.2) is 33.1 Å². The number of hydrogen-bond acceptors (Lipinski definition) is 8. The van der Waals surface area contributed by atoms with Crippen molar-refractivity contribution in [1.29, 1.82) is 0 Å². The summed E-state index contributed by atoms with van der Waals surface area (Å²) in [5.41, 5.74) is 2.04. The summed E-state index contributed by atoms with van der Waals surface area (Å²) >= 11 is 0. The van der Waals surface area contributed by atoms with Gasteiger partial charge >= 0.3 is 0 Å². The van der Waals surface area contributed by atoms with Gasteiger partial charge in [0.1, 0.15) is 5.75 Å². The third-order valence-electron chi connectivity index (χ3n) is 5.34. The lowest BCUT2D eigenvalue weighted by Gasteiger charge is -2.23. The number of rotatable bonds is 9. The van der Waals surface area contributed by atoms with Crippen LogP contribution in [0.4, 0.5) is 17.8 Å². The van der Waals surface area contributed by atoms with Crippen molar-refractivity contribution < 1.29 is 4.74 Å². The molecule has 0 spiro atoms. The van der Waals surface area contributed by atoms with Crippen molar-refractivity contribution in [1.82, 2.24) is 19.9 Å². The third-order valence-corrected chi connectivity index (χ3v) is 5.34. The first-order valence-electron chi connectivity index (χ1n) is 10.8. The van der Waals surface area contributed by atoms with Gasteiger partial charge in [0.05, 0.1) is 19.3 Å². The van der Waals surface area contributed by atoms with E-state index in [4.69, 9.17) is 4.74 Å². The van der Waals surface area contributed by atoms with Crippen molar-refractivity contribution in [2.24, 2.45) is 0 Å². The van der Waals surface area contributed by atoms with Gasteiger partial charge in [-0.25, -0.2) is 0 Å². The predicted molar refractivity (Wildman–Crippen MR) is 122 cm³/mol. The Morgan fingerprint density at radius 3 is 2.23 bits per heavy atom. The topological polar surface area (TPSA) is 96.9 Å². The van der Waals surface area contributed by atoms with Crippen LogP contribution in [-0.2, 0) is 13.1 Å². The first-order valence-corrected chi connectivity index (χ1v) is 10.8. The van der Waals surface area contributed by atoms with Crippen LogP contribution < -0.4 is 20.7 Å². The number of methoxy groups -OCH3 is 1. The molecule has 0 radical (unpaired) electrons.